The van der Waals surface area contributed by atoms with Gasteiger partial charge in [-0.2, -0.15) is 4.31 Å². The van der Waals surface area contributed by atoms with E-state index >= 15 is 0 Å². The molecular formula is C7H14N2O2S. The highest BCUT2D eigenvalue weighted by atomic mass is 32.2. The predicted octanol–water partition coefficient (Wildman–Crippen LogP) is -0.293. The van der Waals surface area contributed by atoms with Crippen molar-refractivity contribution in [2.45, 2.75) is 0 Å². The second kappa shape index (κ2) is 3.45. The lowest BCUT2D eigenvalue weighted by Crippen LogP contribution is -2.46. The monoisotopic (exact) mass is 190 g/mol. The molecular weight excluding hydrogens is 176 g/mol. The Kier molecular flexibility index (Phi) is 2.74. The van der Waals surface area contributed by atoms with E-state index in [1.54, 1.807) is 6.20 Å². The van der Waals surface area contributed by atoms with E-state index in [1.165, 1.54) is 10.6 Å². The van der Waals surface area contributed by atoms with E-state index < -0.39 is 10.0 Å². The fourth-order valence-corrected chi connectivity index (χ4v) is 2.04. The van der Waals surface area contributed by atoms with E-state index in [9.17, 15) is 8.42 Å². The SMILES string of the molecule is C=CN1CCN(S(C)(=O)=O)CC1. The third-order valence-electron chi connectivity index (χ3n) is 2.00. The van der Waals surface area contributed by atoms with Gasteiger partial charge in [0, 0.05) is 26.2 Å². The first-order valence-corrected chi connectivity index (χ1v) is 5.70. The van der Waals surface area contributed by atoms with Crippen LogP contribution in [0, 0.1) is 0 Å². The molecule has 0 aromatic carbocycles. The third kappa shape index (κ3) is 2.22. The highest BCUT2D eigenvalue weighted by molar-refractivity contribution is 7.88. The predicted molar refractivity (Wildman–Crippen MR) is 48.2 cm³/mol. The number of hydrogen-bond acceptors (Lipinski definition) is 3. The molecule has 0 amide bonds. The molecule has 70 valence electrons. The molecule has 12 heavy (non-hydrogen) atoms. The van der Waals surface area contributed by atoms with Gasteiger partial charge < -0.3 is 4.90 Å². The lowest BCUT2D eigenvalue weighted by molar-refractivity contribution is 0.246. The molecule has 0 N–H and O–H groups in total. The standard InChI is InChI=1S/C7H14N2O2S/c1-3-8-4-6-9(7-5-8)12(2,10)11/h3H,1,4-7H2,2H3. The molecule has 0 aromatic heterocycles. The molecule has 1 aliphatic heterocycles. The number of rotatable bonds is 2. The quantitative estimate of drug-likeness (QED) is 0.600. The van der Waals surface area contributed by atoms with E-state index in [2.05, 4.69) is 6.58 Å². The van der Waals surface area contributed by atoms with Gasteiger partial charge in [0.2, 0.25) is 10.0 Å². The highest BCUT2D eigenvalue weighted by Crippen LogP contribution is 2.05. The van der Waals surface area contributed by atoms with E-state index in [0.29, 0.717) is 13.1 Å². The zero-order chi connectivity index (χ0) is 9.19. The van der Waals surface area contributed by atoms with Gasteiger partial charge in [0.1, 0.15) is 0 Å². The summed E-state index contributed by atoms with van der Waals surface area (Å²) in [4.78, 5) is 2.02. The molecule has 0 aromatic rings. The van der Waals surface area contributed by atoms with Gasteiger partial charge in [-0.15, -0.1) is 0 Å². The number of nitrogens with zero attached hydrogens (tertiary/aromatic N) is 2. The summed E-state index contributed by atoms with van der Waals surface area (Å²) in [6, 6.07) is 0. The fourth-order valence-electron chi connectivity index (χ4n) is 1.22. The van der Waals surface area contributed by atoms with Crippen molar-refractivity contribution < 1.29 is 8.42 Å². The van der Waals surface area contributed by atoms with E-state index in [4.69, 9.17) is 0 Å². The van der Waals surface area contributed by atoms with E-state index in [-0.39, 0.29) is 0 Å². The average Bonchev–Trinajstić information content (AvgIpc) is 2.03. The summed E-state index contributed by atoms with van der Waals surface area (Å²) in [6.07, 6.45) is 3.00. The van der Waals surface area contributed by atoms with Gasteiger partial charge in [-0.3, -0.25) is 0 Å². The topological polar surface area (TPSA) is 40.6 Å². The summed E-state index contributed by atoms with van der Waals surface area (Å²) in [5.74, 6) is 0. The van der Waals surface area contributed by atoms with Crippen LogP contribution in [0.1, 0.15) is 0 Å². The maximum atomic E-state index is 11.1. The molecule has 1 aliphatic rings. The third-order valence-corrected chi connectivity index (χ3v) is 3.30. The number of piperazine rings is 1. The van der Waals surface area contributed by atoms with Gasteiger partial charge in [0.05, 0.1) is 6.26 Å². The van der Waals surface area contributed by atoms with Gasteiger partial charge in [-0.1, -0.05) is 6.58 Å². The summed E-state index contributed by atoms with van der Waals surface area (Å²) >= 11 is 0. The first kappa shape index (κ1) is 9.54. The lowest BCUT2D eigenvalue weighted by atomic mass is 10.4. The van der Waals surface area contributed by atoms with Crippen LogP contribution in [-0.2, 0) is 10.0 Å². The Morgan fingerprint density at radius 1 is 1.25 bits per heavy atom. The Balaban J connectivity index is 2.52. The van der Waals surface area contributed by atoms with Crippen molar-refractivity contribution in [3.8, 4) is 0 Å². The second-order valence-corrected chi connectivity index (χ2v) is 4.86. The second-order valence-electron chi connectivity index (χ2n) is 2.88. The Morgan fingerprint density at radius 3 is 2.08 bits per heavy atom. The molecule has 1 heterocycles. The summed E-state index contributed by atoms with van der Waals surface area (Å²) < 4.78 is 23.6. The first-order chi connectivity index (χ1) is 5.54. The van der Waals surface area contributed by atoms with Crippen molar-refractivity contribution in [2.75, 3.05) is 32.4 Å². The molecule has 0 spiro atoms. The normalized spacial score (nSPS) is 20.9. The summed E-state index contributed by atoms with van der Waals surface area (Å²) in [6.45, 7) is 6.27. The van der Waals surface area contributed by atoms with Crippen LogP contribution in [0.25, 0.3) is 0 Å². The Labute approximate surface area is 73.5 Å². The molecule has 0 bridgehead atoms. The maximum Gasteiger partial charge on any atom is 0.211 e. The van der Waals surface area contributed by atoms with Gasteiger partial charge in [-0.05, 0) is 6.20 Å². The van der Waals surface area contributed by atoms with Crippen molar-refractivity contribution in [1.29, 1.82) is 0 Å². The minimum Gasteiger partial charge on any atom is -0.375 e. The van der Waals surface area contributed by atoms with Crippen LogP contribution in [-0.4, -0.2) is 50.1 Å². The lowest BCUT2D eigenvalue weighted by Gasteiger charge is -2.32. The molecule has 1 fully saturated rings. The van der Waals surface area contributed by atoms with Crippen molar-refractivity contribution >= 4 is 10.0 Å². The highest BCUT2D eigenvalue weighted by Gasteiger charge is 2.21. The first-order valence-electron chi connectivity index (χ1n) is 3.86. The smallest absolute Gasteiger partial charge is 0.211 e. The zero-order valence-electron chi connectivity index (χ0n) is 7.23. The minimum atomic E-state index is -2.99. The Morgan fingerprint density at radius 2 is 1.75 bits per heavy atom. The van der Waals surface area contributed by atoms with Gasteiger partial charge in [-0.25, -0.2) is 8.42 Å². The molecule has 4 nitrogen and oxygen atoms in total. The maximum absolute atomic E-state index is 11.1. The number of sulfonamides is 1. The molecule has 5 heteroatoms. The summed E-state index contributed by atoms with van der Waals surface area (Å²) in [5, 5.41) is 0. The zero-order valence-corrected chi connectivity index (χ0v) is 8.05. The van der Waals surface area contributed by atoms with Crippen molar-refractivity contribution in [1.82, 2.24) is 9.21 Å². The molecule has 0 atom stereocenters. The largest absolute Gasteiger partial charge is 0.375 e. The van der Waals surface area contributed by atoms with Crippen LogP contribution in [0.2, 0.25) is 0 Å². The van der Waals surface area contributed by atoms with Crippen LogP contribution in [0.3, 0.4) is 0 Å². The Hall–Kier alpha value is -0.550. The van der Waals surface area contributed by atoms with Crippen LogP contribution in [0.15, 0.2) is 12.8 Å². The minimum absolute atomic E-state index is 0.574. The van der Waals surface area contributed by atoms with Gasteiger partial charge in [0.15, 0.2) is 0 Å². The van der Waals surface area contributed by atoms with Crippen LogP contribution >= 0.6 is 0 Å². The molecule has 0 unspecified atom stereocenters. The van der Waals surface area contributed by atoms with Crippen molar-refractivity contribution in [3.05, 3.63) is 12.8 Å². The molecule has 1 rings (SSSR count). The van der Waals surface area contributed by atoms with Crippen LogP contribution in [0.4, 0.5) is 0 Å². The van der Waals surface area contributed by atoms with Gasteiger partial charge in [0.25, 0.3) is 0 Å². The number of hydrogen-bond donors (Lipinski definition) is 0. The Bertz CT molecular complexity index is 253. The van der Waals surface area contributed by atoms with E-state index in [1.807, 2.05) is 4.90 Å². The molecule has 0 aliphatic carbocycles. The van der Waals surface area contributed by atoms with Gasteiger partial charge >= 0.3 is 0 Å². The van der Waals surface area contributed by atoms with Crippen LogP contribution < -0.4 is 0 Å². The molecule has 0 saturated carbocycles. The summed E-state index contributed by atoms with van der Waals surface area (Å²) in [5.41, 5.74) is 0. The molecule has 1 saturated heterocycles. The van der Waals surface area contributed by atoms with Crippen molar-refractivity contribution in [2.24, 2.45) is 0 Å². The van der Waals surface area contributed by atoms with E-state index in [0.717, 1.165) is 13.1 Å². The summed E-state index contributed by atoms with van der Waals surface area (Å²) in [7, 11) is -2.99. The van der Waals surface area contributed by atoms with Crippen molar-refractivity contribution in [3.63, 3.8) is 0 Å². The van der Waals surface area contributed by atoms with Crippen LogP contribution in [0.5, 0.6) is 0 Å². The molecule has 0 radical (unpaired) electrons. The average molecular weight is 190 g/mol. The fraction of sp³-hybridized carbons (Fsp3) is 0.714.